The highest BCUT2D eigenvalue weighted by Crippen LogP contribution is 2.28. The maximum Gasteiger partial charge on any atom is 0.433 e. The van der Waals surface area contributed by atoms with E-state index in [1.165, 1.54) is 22.9 Å². The molecule has 0 unspecified atom stereocenters. The van der Waals surface area contributed by atoms with E-state index in [1.54, 1.807) is 6.08 Å². The van der Waals surface area contributed by atoms with Crippen molar-refractivity contribution in [2.75, 3.05) is 0 Å². The van der Waals surface area contributed by atoms with Crippen molar-refractivity contribution in [3.8, 4) is 5.88 Å². The van der Waals surface area contributed by atoms with Gasteiger partial charge in [-0.2, -0.15) is 22.8 Å². The van der Waals surface area contributed by atoms with Crippen LogP contribution in [0, 0.1) is 5.92 Å². The number of amides is 1. The zero-order valence-electron chi connectivity index (χ0n) is 17.9. The summed E-state index contributed by atoms with van der Waals surface area (Å²) >= 11 is 0. The first-order chi connectivity index (χ1) is 15.6. The molecule has 0 atom stereocenters. The molecule has 0 aliphatic heterocycles. The Bertz CT molecular complexity index is 1290. The van der Waals surface area contributed by atoms with Gasteiger partial charge in [0.25, 0.3) is 11.5 Å². The number of carbonyl (C=O) groups is 1. The van der Waals surface area contributed by atoms with Gasteiger partial charge in [-0.3, -0.25) is 19.1 Å². The van der Waals surface area contributed by atoms with Gasteiger partial charge in [0, 0.05) is 24.3 Å². The van der Waals surface area contributed by atoms with Gasteiger partial charge in [0.05, 0.1) is 6.20 Å². The van der Waals surface area contributed by atoms with E-state index >= 15 is 0 Å². The number of fused-ring (bicyclic) bond motifs is 1. The Morgan fingerprint density at radius 3 is 2.58 bits per heavy atom. The maximum atomic E-state index is 13.0. The number of alkyl halides is 3. The molecule has 0 radical (unpaired) electrons. The third-order valence-electron chi connectivity index (χ3n) is 5.13. The first kappa shape index (κ1) is 22.6. The van der Waals surface area contributed by atoms with Gasteiger partial charge in [-0.15, -0.1) is 0 Å². The van der Waals surface area contributed by atoms with E-state index in [-0.39, 0.29) is 23.2 Å². The summed E-state index contributed by atoms with van der Waals surface area (Å²) in [6.07, 6.45) is 2.69. The third kappa shape index (κ3) is 4.62. The fourth-order valence-electron chi connectivity index (χ4n) is 3.41. The lowest BCUT2D eigenvalue weighted by atomic mass is 10.2. The highest BCUT2D eigenvalue weighted by Gasteiger charge is 2.32. The number of aromatic nitrogens is 4. The van der Waals surface area contributed by atoms with Crippen LogP contribution in [0.25, 0.3) is 17.8 Å². The molecule has 1 amide bonds. The van der Waals surface area contributed by atoms with E-state index < -0.39 is 29.2 Å². The van der Waals surface area contributed by atoms with Crippen LogP contribution in [0.15, 0.2) is 29.3 Å². The number of halogens is 3. The Kier molecular flexibility index (Phi) is 5.73. The van der Waals surface area contributed by atoms with Crippen molar-refractivity contribution in [1.82, 2.24) is 24.5 Å². The number of hydrogen-bond donors (Lipinski definition) is 2. The average molecular weight is 461 g/mol. The number of pyridine rings is 1. The van der Waals surface area contributed by atoms with Crippen molar-refractivity contribution < 1.29 is 23.1 Å². The largest absolute Gasteiger partial charge is 0.494 e. The Morgan fingerprint density at radius 2 is 2.00 bits per heavy atom. The third-order valence-corrected chi connectivity index (χ3v) is 5.13. The first-order valence-corrected chi connectivity index (χ1v) is 10.4. The second-order valence-corrected chi connectivity index (χ2v) is 8.40. The van der Waals surface area contributed by atoms with E-state index in [0.29, 0.717) is 17.7 Å². The topological polar surface area (TPSA) is 102 Å². The standard InChI is InChI=1S/C22H22F3N5O3/c1-12(2)11-29-19-14(5-3-13-4-8-16(26-9-13)22(23,24)25)10-27-30(19)21(33)17(20(29)32)18(31)28-15-6-7-15/h3-5,8-10,12,15,32H,6-7,11H2,1-2H3,(H,28,31). The second kappa shape index (κ2) is 8.38. The molecule has 3 heterocycles. The molecule has 8 nitrogen and oxygen atoms in total. The maximum absolute atomic E-state index is 13.0. The van der Waals surface area contributed by atoms with Gasteiger partial charge >= 0.3 is 6.18 Å². The molecular weight excluding hydrogens is 439 g/mol. The molecule has 0 spiro atoms. The number of nitrogens with one attached hydrogen (secondary N) is 1. The summed E-state index contributed by atoms with van der Waals surface area (Å²) in [5.41, 5.74) is -1.01. The smallest absolute Gasteiger partial charge is 0.433 e. The lowest BCUT2D eigenvalue weighted by molar-refractivity contribution is -0.141. The molecule has 1 fully saturated rings. The van der Waals surface area contributed by atoms with E-state index in [1.807, 2.05) is 13.8 Å². The Hall–Kier alpha value is -3.63. The lowest BCUT2D eigenvalue weighted by Gasteiger charge is -2.17. The van der Waals surface area contributed by atoms with Gasteiger partial charge in [0.1, 0.15) is 11.3 Å². The van der Waals surface area contributed by atoms with Crippen LogP contribution in [0.3, 0.4) is 0 Å². The minimum atomic E-state index is -4.53. The Labute approximate surface area is 186 Å². The number of nitrogens with zero attached hydrogens (tertiary/aromatic N) is 4. The normalized spacial score (nSPS) is 14.5. The first-order valence-electron chi connectivity index (χ1n) is 10.4. The van der Waals surface area contributed by atoms with E-state index in [4.69, 9.17) is 0 Å². The van der Waals surface area contributed by atoms with Gasteiger partial charge in [-0.25, -0.2) is 0 Å². The molecule has 3 aromatic heterocycles. The zero-order valence-corrected chi connectivity index (χ0v) is 17.9. The van der Waals surface area contributed by atoms with Crippen LogP contribution in [-0.4, -0.2) is 36.2 Å². The predicted octanol–water partition coefficient (Wildman–Crippen LogP) is 3.33. The van der Waals surface area contributed by atoms with Gasteiger partial charge in [0.15, 0.2) is 5.56 Å². The molecule has 1 aliphatic carbocycles. The molecule has 3 aromatic rings. The predicted molar refractivity (Wildman–Crippen MR) is 115 cm³/mol. The van der Waals surface area contributed by atoms with Crippen molar-refractivity contribution in [3.05, 3.63) is 57.3 Å². The monoisotopic (exact) mass is 461 g/mol. The van der Waals surface area contributed by atoms with Crippen LogP contribution in [0.4, 0.5) is 13.2 Å². The van der Waals surface area contributed by atoms with Crippen molar-refractivity contribution in [2.45, 2.75) is 45.5 Å². The van der Waals surface area contributed by atoms with E-state index in [0.717, 1.165) is 29.6 Å². The molecule has 33 heavy (non-hydrogen) atoms. The van der Waals surface area contributed by atoms with Crippen molar-refractivity contribution in [1.29, 1.82) is 0 Å². The number of aromatic hydroxyl groups is 1. The van der Waals surface area contributed by atoms with Gasteiger partial charge < -0.3 is 10.4 Å². The van der Waals surface area contributed by atoms with Crippen LogP contribution >= 0.6 is 0 Å². The summed E-state index contributed by atoms with van der Waals surface area (Å²) in [4.78, 5) is 29.0. The van der Waals surface area contributed by atoms with Crippen LogP contribution in [-0.2, 0) is 12.7 Å². The summed E-state index contributed by atoms with van der Waals surface area (Å²) < 4.78 is 40.6. The Balaban J connectivity index is 1.77. The molecule has 0 bridgehead atoms. The molecule has 1 saturated carbocycles. The summed E-state index contributed by atoms with van der Waals surface area (Å²) in [7, 11) is 0. The summed E-state index contributed by atoms with van der Waals surface area (Å²) in [5, 5.41) is 17.7. The van der Waals surface area contributed by atoms with Crippen LogP contribution in [0.5, 0.6) is 5.88 Å². The van der Waals surface area contributed by atoms with Crippen LogP contribution in [0.1, 0.15) is 53.9 Å². The van der Waals surface area contributed by atoms with Crippen molar-refractivity contribution >= 4 is 23.7 Å². The van der Waals surface area contributed by atoms with E-state index in [2.05, 4.69) is 15.4 Å². The van der Waals surface area contributed by atoms with Crippen molar-refractivity contribution in [3.63, 3.8) is 0 Å². The molecule has 174 valence electrons. The van der Waals surface area contributed by atoms with Crippen LogP contribution in [0.2, 0.25) is 0 Å². The number of hydrogen-bond acceptors (Lipinski definition) is 5. The molecule has 0 aromatic carbocycles. The molecule has 2 N–H and O–H groups in total. The Morgan fingerprint density at radius 1 is 1.27 bits per heavy atom. The molecular formula is C22H22F3N5O3. The number of carbonyl (C=O) groups excluding carboxylic acids is 1. The molecule has 4 rings (SSSR count). The summed E-state index contributed by atoms with van der Waals surface area (Å²) in [5.74, 6) is -1.04. The quantitative estimate of drug-likeness (QED) is 0.587. The molecule has 1 aliphatic rings. The fraction of sp³-hybridized carbons (Fsp3) is 0.364. The van der Waals surface area contributed by atoms with Crippen molar-refractivity contribution in [2.24, 2.45) is 5.92 Å². The van der Waals surface area contributed by atoms with Gasteiger partial charge in [0.2, 0.25) is 5.88 Å². The highest BCUT2D eigenvalue weighted by atomic mass is 19.4. The van der Waals surface area contributed by atoms with Gasteiger partial charge in [-0.1, -0.05) is 26.0 Å². The molecule has 11 heteroatoms. The van der Waals surface area contributed by atoms with E-state index in [9.17, 15) is 27.9 Å². The average Bonchev–Trinajstić information content (AvgIpc) is 3.44. The second-order valence-electron chi connectivity index (χ2n) is 8.40. The van der Waals surface area contributed by atoms with Crippen LogP contribution < -0.4 is 10.9 Å². The fourth-order valence-corrected chi connectivity index (χ4v) is 3.41. The highest BCUT2D eigenvalue weighted by molar-refractivity contribution is 5.96. The lowest BCUT2D eigenvalue weighted by Crippen LogP contribution is -2.34. The number of rotatable bonds is 6. The molecule has 0 saturated heterocycles. The van der Waals surface area contributed by atoms with Gasteiger partial charge in [-0.05, 0) is 36.5 Å². The summed E-state index contributed by atoms with van der Waals surface area (Å²) in [6, 6.07) is 2.15. The zero-order chi connectivity index (χ0) is 23.9. The minimum Gasteiger partial charge on any atom is -0.494 e. The minimum absolute atomic E-state index is 0.000921. The summed E-state index contributed by atoms with van der Waals surface area (Å²) in [6.45, 7) is 4.13. The SMILES string of the molecule is CC(C)Cn1c(O)c(C(=O)NC2CC2)c(=O)n2ncc(C=Cc3ccc(C(F)(F)F)nc3)c12.